The number of nitrogens with zero attached hydrogens (tertiary/aromatic N) is 2. The van der Waals surface area contributed by atoms with Crippen LogP contribution in [0.2, 0.25) is 0 Å². The molecule has 1 aliphatic rings. The predicted molar refractivity (Wildman–Crippen MR) is 82.4 cm³/mol. The third-order valence-electron chi connectivity index (χ3n) is 3.94. The molecule has 2 rings (SSSR count). The molecular formula is C14H26N4O2S. The maximum absolute atomic E-state index is 13.0. The smallest absolute Gasteiger partial charge is 0.246 e. The summed E-state index contributed by atoms with van der Waals surface area (Å²) in [7, 11) is -3.48. The molecule has 120 valence electrons. The van der Waals surface area contributed by atoms with Crippen LogP contribution in [0.25, 0.3) is 0 Å². The second kappa shape index (κ2) is 6.46. The van der Waals surface area contributed by atoms with E-state index < -0.39 is 10.0 Å². The molecule has 6 nitrogen and oxygen atoms in total. The van der Waals surface area contributed by atoms with Gasteiger partial charge in [0.2, 0.25) is 10.0 Å². The molecule has 1 fully saturated rings. The van der Waals surface area contributed by atoms with E-state index in [9.17, 15) is 8.42 Å². The van der Waals surface area contributed by atoms with Gasteiger partial charge in [-0.05, 0) is 31.7 Å². The molecule has 1 aliphatic heterocycles. The van der Waals surface area contributed by atoms with Crippen molar-refractivity contribution >= 4 is 10.0 Å². The molecule has 2 heterocycles. The molecule has 0 spiro atoms. The fourth-order valence-electron chi connectivity index (χ4n) is 3.11. The lowest BCUT2D eigenvalue weighted by Crippen LogP contribution is -2.43. The Labute approximate surface area is 127 Å². The van der Waals surface area contributed by atoms with Gasteiger partial charge in [0.05, 0.1) is 11.4 Å². The second-order valence-electron chi connectivity index (χ2n) is 6.17. The van der Waals surface area contributed by atoms with Gasteiger partial charge in [-0.2, -0.15) is 9.40 Å². The predicted octanol–water partition coefficient (Wildman–Crippen LogP) is 1.49. The molecule has 0 aliphatic carbocycles. The van der Waals surface area contributed by atoms with Crippen LogP contribution in [0.5, 0.6) is 0 Å². The van der Waals surface area contributed by atoms with Crippen LogP contribution in [0.3, 0.4) is 0 Å². The number of rotatable bonds is 5. The molecule has 0 amide bonds. The van der Waals surface area contributed by atoms with Crippen molar-refractivity contribution in [2.24, 2.45) is 11.8 Å². The lowest BCUT2D eigenvalue weighted by Gasteiger charge is -2.34. The molecule has 0 saturated carbocycles. The van der Waals surface area contributed by atoms with E-state index in [0.29, 0.717) is 47.8 Å². The first kappa shape index (κ1) is 16.5. The summed E-state index contributed by atoms with van der Waals surface area (Å²) in [5, 5.41) is 10.1. The molecule has 1 aromatic rings. The first-order valence-electron chi connectivity index (χ1n) is 7.61. The Morgan fingerprint density at radius 2 is 1.95 bits per heavy atom. The van der Waals surface area contributed by atoms with Gasteiger partial charge in [-0.25, -0.2) is 8.42 Å². The Morgan fingerprint density at radius 1 is 1.33 bits per heavy atom. The molecule has 1 saturated heterocycles. The Bertz CT molecular complexity index is 572. The summed E-state index contributed by atoms with van der Waals surface area (Å²) in [6, 6.07) is 0. The van der Waals surface area contributed by atoms with Crippen molar-refractivity contribution in [3.8, 4) is 0 Å². The minimum atomic E-state index is -3.48. The van der Waals surface area contributed by atoms with E-state index in [1.165, 1.54) is 0 Å². The van der Waals surface area contributed by atoms with Crippen molar-refractivity contribution in [3.05, 3.63) is 11.4 Å². The molecule has 0 radical (unpaired) electrons. The van der Waals surface area contributed by atoms with E-state index >= 15 is 0 Å². The number of hydrogen-bond acceptors (Lipinski definition) is 4. The van der Waals surface area contributed by atoms with Crippen LogP contribution in [0.4, 0.5) is 0 Å². The first-order chi connectivity index (χ1) is 9.86. The zero-order chi connectivity index (χ0) is 15.6. The Morgan fingerprint density at radius 3 is 2.52 bits per heavy atom. The van der Waals surface area contributed by atoms with E-state index in [4.69, 9.17) is 0 Å². The Hall–Kier alpha value is -0.920. The molecule has 2 atom stereocenters. The van der Waals surface area contributed by atoms with Crippen LogP contribution in [0.1, 0.15) is 38.6 Å². The molecule has 21 heavy (non-hydrogen) atoms. The number of piperidine rings is 1. The van der Waals surface area contributed by atoms with E-state index in [2.05, 4.69) is 29.4 Å². The van der Waals surface area contributed by atoms with Crippen molar-refractivity contribution in [2.45, 2.75) is 45.6 Å². The summed E-state index contributed by atoms with van der Waals surface area (Å²) in [4.78, 5) is 0.352. The number of H-pyrrole nitrogens is 1. The highest BCUT2D eigenvalue weighted by molar-refractivity contribution is 7.89. The van der Waals surface area contributed by atoms with E-state index in [-0.39, 0.29) is 0 Å². The van der Waals surface area contributed by atoms with Gasteiger partial charge < -0.3 is 5.32 Å². The van der Waals surface area contributed by atoms with Crippen molar-refractivity contribution < 1.29 is 8.42 Å². The zero-order valence-electron chi connectivity index (χ0n) is 13.3. The van der Waals surface area contributed by atoms with Gasteiger partial charge in [-0.15, -0.1) is 0 Å². The molecule has 2 N–H and O–H groups in total. The van der Waals surface area contributed by atoms with Crippen molar-refractivity contribution in [1.82, 2.24) is 19.8 Å². The Kier molecular flexibility index (Phi) is 5.06. The monoisotopic (exact) mass is 314 g/mol. The van der Waals surface area contributed by atoms with Crippen LogP contribution in [0, 0.1) is 18.8 Å². The highest BCUT2D eigenvalue weighted by Gasteiger charge is 2.35. The maximum Gasteiger partial charge on any atom is 0.246 e. The number of aromatic nitrogens is 2. The summed E-state index contributed by atoms with van der Waals surface area (Å²) in [5.41, 5.74) is 1.20. The number of aromatic amines is 1. The summed E-state index contributed by atoms with van der Waals surface area (Å²) in [6.07, 6.45) is 1.08. The molecule has 2 unspecified atom stereocenters. The SMILES string of the molecule is CCNCc1n[nH]c(C)c1S(=O)(=O)N1CC(C)CC(C)C1. The number of hydrogen-bond donors (Lipinski definition) is 2. The highest BCUT2D eigenvalue weighted by atomic mass is 32.2. The largest absolute Gasteiger partial charge is 0.311 e. The van der Waals surface area contributed by atoms with Crippen molar-refractivity contribution in [1.29, 1.82) is 0 Å². The van der Waals surface area contributed by atoms with Crippen molar-refractivity contribution in [2.75, 3.05) is 19.6 Å². The highest BCUT2D eigenvalue weighted by Crippen LogP contribution is 2.29. The van der Waals surface area contributed by atoms with Gasteiger partial charge in [-0.3, -0.25) is 5.10 Å². The van der Waals surface area contributed by atoms with Crippen LogP contribution in [-0.2, 0) is 16.6 Å². The van der Waals surface area contributed by atoms with Gasteiger partial charge in [0.15, 0.2) is 0 Å². The van der Waals surface area contributed by atoms with Gasteiger partial charge in [0.1, 0.15) is 4.90 Å². The van der Waals surface area contributed by atoms with Gasteiger partial charge in [0.25, 0.3) is 0 Å². The summed E-state index contributed by atoms with van der Waals surface area (Å²) in [6.45, 7) is 10.4. The zero-order valence-corrected chi connectivity index (χ0v) is 14.1. The Balaban J connectivity index is 2.33. The molecule has 7 heteroatoms. The maximum atomic E-state index is 13.0. The van der Waals surface area contributed by atoms with Gasteiger partial charge in [0, 0.05) is 19.6 Å². The molecular weight excluding hydrogens is 288 g/mol. The van der Waals surface area contributed by atoms with Crippen LogP contribution < -0.4 is 5.32 Å². The normalized spacial score (nSPS) is 24.4. The number of nitrogens with one attached hydrogen (secondary N) is 2. The second-order valence-corrected chi connectivity index (χ2v) is 8.05. The fourth-order valence-corrected chi connectivity index (χ4v) is 5.11. The third-order valence-corrected chi connectivity index (χ3v) is 5.97. The quantitative estimate of drug-likeness (QED) is 0.863. The number of aryl methyl sites for hydroxylation is 1. The van der Waals surface area contributed by atoms with Gasteiger partial charge >= 0.3 is 0 Å². The third kappa shape index (κ3) is 3.46. The molecule has 0 aromatic carbocycles. The minimum Gasteiger partial charge on any atom is -0.311 e. The topological polar surface area (TPSA) is 78.1 Å². The minimum absolute atomic E-state index is 0.352. The van der Waals surface area contributed by atoms with E-state index in [0.717, 1.165) is 13.0 Å². The average molecular weight is 314 g/mol. The first-order valence-corrected chi connectivity index (χ1v) is 9.05. The standard InChI is InChI=1S/C14H26N4O2S/c1-5-15-7-13-14(12(4)16-17-13)21(19,20)18-8-10(2)6-11(3)9-18/h10-11,15H,5-9H2,1-4H3,(H,16,17). The summed E-state index contributed by atoms with van der Waals surface area (Å²) < 4.78 is 27.6. The van der Waals surface area contributed by atoms with E-state index in [1.54, 1.807) is 11.2 Å². The molecule has 0 bridgehead atoms. The van der Waals surface area contributed by atoms with Gasteiger partial charge in [-0.1, -0.05) is 20.8 Å². The van der Waals surface area contributed by atoms with Crippen LogP contribution >= 0.6 is 0 Å². The van der Waals surface area contributed by atoms with Crippen LogP contribution in [-0.4, -0.2) is 42.6 Å². The lowest BCUT2D eigenvalue weighted by atomic mass is 9.94. The lowest BCUT2D eigenvalue weighted by molar-refractivity contribution is 0.222. The molecule has 1 aromatic heterocycles. The fraction of sp³-hybridized carbons (Fsp3) is 0.786. The summed E-state index contributed by atoms with van der Waals surface area (Å²) >= 11 is 0. The summed E-state index contributed by atoms with van der Waals surface area (Å²) in [5.74, 6) is 0.792. The van der Waals surface area contributed by atoms with Crippen LogP contribution in [0.15, 0.2) is 4.90 Å². The van der Waals surface area contributed by atoms with E-state index in [1.807, 2.05) is 6.92 Å². The van der Waals surface area contributed by atoms with Crippen molar-refractivity contribution in [3.63, 3.8) is 0 Å². The average Bonchev–Trinajstić information content (AvgIpc) is 2.77. The number of sulfonamides is 1.